The average molecular weight is 290 g/mol. The van der Waals surface area contributed by atoms with Gasteiger partial charge in [0.15, 0.2) is 5.58 Å². The minimum absolute atomic E-state index is 0.0218. The van der Waals surface area contributed by atoms with E-state index in [1.165, 1.54) is 12.1 Å². The van der Waals surface area contributed by atoms with Gasteiger partial charge in [-0.15, -0.1) is 0 Å². The van der Waals surface area contributed by atoms with E-state index in [1.807, 2.05) is 0 Å². The van der Waals surface area contributed by atoms with Crippen molar-refractivity contribution in [3.8, 4) is 0 Å². The van der Waals surface area contributed by atoms with Crippen LogP contribution in [0.15, 0.2) is 22.6 Å². The molecule has 0 aliphatic carbocycles. The van der Waals surface area contributed by atoms with Gasteiger partial charge in [-0.2, -0.15) is 4.98 Å². The van der Waals surface area contributed by atoms with Crippen molar-refractivity contribution in [2.75, 3.05) is 25.5 Å². The Morgan fingerprint density at radius 2 is 2.38 bits per heavy atom. The summed E-state index contributed by atoms with van der Waals surface area (Å²) in [6.07, 6.45) is 1.15. The van der Waals surface area contributed by atoms with Gasteiger partial charge in [0, 0.05) is 31.3 Å². The monoisotopic (exact) mass is 290 g/mol. The summed E-state index contributed by atoms with van der Waals surface area (Å²) in [5.41, 5.74) is 1.08. The van der Waals surface area contributed by atoms with Crippen molar-refractivity contribution in [3.05, 3.63) is 28.3 Å². The number of fused-ring (bicyclic) bond motifs is 1. The molecule has 7 nitrogen and oxygen atoms in total. The molecule has 0 spiro atoms. The van der Waals surface area contributed by atoms with Crippen LogP contribution < -0.4 is 5.32 Å². The average Bonchev–Trinajstić information content (AvgIpc) is 2.99. The molecule has 3 rings (SSSR count). The summed E-state index contributed by atoms with van der Waals surface area (Å²) in [7, 11) is 2.13. The van der Waals surface area contributed by atoms with Gasteiger partial charge in [-0.1, -0.05) is 0 Å². The van der Waals surface area contributed by atoms with Crippen LogP contribution in [0.4, 0.5) is 11.7 Å². The van der Waals surface area contributed by atoms with E-state index in [2.05, 4.69) is 29.2 Å². The highest BCUT2D eigenvalue weighted by Gasteiger charge is 2.26. The second-order valence-corrected chi connectivity index (χ2v) is 5.70. The third kappa shape index (κ3) is 2.82. The van der Waals surface area contributed by atoms with E-state index in [0.29, 0.717) is 29.1 Å². The molecule has 1 N–H and O–H groups in total. The molecular formula is C14H18N4O3. The summed E-state index contributed by atoms with van der Waals surface area (Å²) in [6, 6.07) is 5.45. The molecule has 2 heterocycles. The molecule has 1 saturated heterocycles. The number of aromatic nitrogens is 1. The van der Waals surface area contributed by atoms with E-state index >= 15 is 0 Å². The molecule has 2 unspecified atom stereocenters. The molecule has 0 saturated carbocycles. The summed E-state index contributed by atoms with van der Waals surface area (Å²) < 4.78 is 5.56. The molecule has 0 amide bonds. The first-order valence-electron chi connectivity index (χ1n) is 7.02. The number of rotatable bonds is 4. The van der Waals surface area contributed by atoms with Gasteiger partial charge in [0.05, 0.1) is 4.92 Å². The highest BCUT2D eigenvalue weighted by molar-refractivity contribution is 5.77. The largest absolute Gasteiger partial charge is 0.424 e. The first-order valence-corrected chi connectivity index (χ1v) is 7.02. The number of nitro groups is 1. The molecular weight excluding hydrogens is 272 g/mol. The van der Waals surface area contributed by atoms with Crippen molar-refractivity contribution in [2.24, 2.45) is 5.92 Å². The summed E-state index contributed by atoms with van der Waals surface area (Å²) in [5, 5.41) is 13.9. The normalized spacial score (nSPS) is 22.8. The maximum atomic E-state index is 10.7. The zero-order valence-electron chi connectivity index (χ0n) is 12.1. The molecule has 1 aromatic carbocycles. The summed E-state index contributed by atoms with van der Waals surface area (Å²) in [5.74, 6) is 0.564. The first-order chi connectivity index (χ1) is 10.0. The summed E-state index contributed by atoms with van der Waals surface area (Å²) >= 11 is 0. The molecule has 7 heteroatoms. The summed E-state index contributed by atoms with van der Waals surface area (Å²) in [6.45, 7) is 4.07. The minimum Gasteiger partial charge on any atom is -0.424 e. The predicted molar refractivity (Wildman–Crippen MR) is 79.4 cm³/mol. The quantitative estimate of drug-likeness (QED) is 0.688. The number of hydrogen-bond donors (Lipinski definition) is 1. The zero-order chi connectivity index (χ0) is 15.0. The van der Waals surface area contributed by atoms with Crippen LogP contribution in [0.5, 0.6) is 0 Å². The van der Waals surface area contributed by atoms with E-state index in [9.17, 15) is 10.1 Å². The van der Waals surface area contributed by atoms with Crippen molar-refractivity contribution in [1.82, 2.24) is 9.88 Å². The lowest BCUT2D eigenvalue weighted by Gasteiger charge is -2.12. The first kappa shape index (κ1) is 13.8. The number of oxazole rings is 1. The van der Waals surface area contributed by atoms with Gasteiger partial charge in [-0.25, -0.2) is 0 Å². The lowest BCUT2D eigenvalue weighted by molar-refractivity contribution is -0.384. The Balaban J connectivity index is 1.69. The van der Waals surface area contributed by atoms with Gasteiger partial charge in [-0.05, 0) is 32.4 Å². The van der Waals surface area contributed by atoms with E-state index in [1.54, 1.807) is 6.07 Å². The van der Waals surface area contributed by atoms with E-state index in [4.69, 9.17) is 4.42 Å². The van der Waals surface area contributed by atoms with Crippen molar-refractivity contribution >= 4 is 22.8 Å². The smallest absolute Gasteiger partial charge is 0.295 e. The fourth-order valence-electron chi connectivity index (χ4n) is 2.81. The van der Waals surface area contributed by atoms with Crippen LogP contribution in [0.3, 0.4) is 0 Å². The molecule has 112 valence electrons. The molecule has 0 bridgehead atoms. The third-order valence-corrected chi connectivity index (χ3v) is 4.10. The molecule has 1 aliphatic heterocycles. The molecule has 1 aliphatic rings. The Kier molecular flexibility index (Phi) is 3.50. The second kappa shape index (κ2) is 5.33. The number of nitro benzene ring substituents is 1. The van der Waals surface area contributed by atoms with Crippen LogP contribution in [-0.2, 0) is 0 Å². The van der Waals surface area contributed by atoms with Crippen molar-refractivity contribution < 1.29 is 9.34 Å². The number of hydrogen-bond acceptors (Lipinski definition) is 6. The number of nitrogens with zero attached hydrogens (tertiary/aromatic N) is 3. The SMILES string of the molecule is CC1CC(CNc2nc3cc([N+](=O)[O-])ccc3o2)CN1C. The third-order valence-electron chi connectivity index (χ3n) is 4.10. The van der Waals surface area contributed by atoms with Gasteiger partial charge >= 0.3 is 0 Å². The van der Waals surface area contributed by atoms with Crippen LogP contribution in [0.25, 0.3) is 11.1 Å². The molecule has 2 atom stereocenters. The van der Waals surface area contributed by atoms with Crippen molar-refractivity contribution in [1.29, 1.82) is 0 Å². The van der Waals surface area contributed by atoms with Gasteiger partial charge in [0.2, 0.25) is 0 Å². The predicted octanol–water partition coefficient (Wildman–Crippen LogP) is 2.49. The zero-order valence-corrected chi connectivity index (χ0v) is 12.1. The number of nitrogens with one attached hydrogen (secondary N) is 1. The highest BCUT2D eigenvalue weighted by Crippen LogP contribution is 2.25. The number of non-ortho nitro benzene ring substituents is 1. The molecule has 21 heavy (non-hydrogen) atoms. The van der Waals surface area contributed by atoms with E-state index < -0.39 is 4.92 Å². The highest BCUT2D eigenvalue weighted by atomic mass is 16.6. The number of benzene rings is 1. The fraction of sp³-hybridized carbons (Fsp3) is 0.500. The topological polar surface area (TPSA) is 84.4 Å². The Hall–Kier alpha value is -2.15. The van der Waals surface area contributed by atoms with Gasteiger partial charge in [0.25, 0.3) is 11.7 Å². The maximum Gasteiger partial charge on any atom is 0.295 e. The molecule has 1 aromatic heterocycles. The van der Waals surface area contributed by atoms with Crippen LogP contribution in [0.2, 0.25) is 0 Å². The maximum absolute atomic E-state index is 10.7. The lowest BCUT2D eigenvalue weighted by atomic mass is 10.1. The Bertz CT molecular complexity index is 659. The molecule has 2 aromatic rings. The number of anilines is 1. The number of likely N-dealkylation sites (tertiary alicyclic amines) is 1. The molecule has 0 radical (unpaired) electrons. The Morgan fingerprint density at radius 1 is 1.57 bits per heavy atom. The Labute approximate surface area is 122 Å². The van der Waals surface area contributed by atoms with E-state index in [-0.39, 0.29) is 5.69 Å². The van der Waals surface area contributed by atoms with Crippen LogP contribution in [-0.4, -0.2) is 41.0 Å². The molecule has 1 fully saturated rings. The summed E-state index contributed by atoms with van der Waals surface area (Å²) in [4.78, 5) is 16.9. The van der Waals surface area contributed by atoms with Crippen LogP contribution in [0, 0.1) is 16.0 Å². The van der Waals surface area contributed by atoms with Gasteiger partial charge in [0.1, 0.15) is 5.52 Å². The lowest BCUT2D eigenvalue weighted by Crippen LogP contribution is -2.22. The standard InChI is InChI=1S/C14H18N4O3/c1-9-5-10(8-17(9)2)7-15-14-16-12-6-11(18(19)20)3-4-13(12)21-14/h3-4,6,9-10H,5,7-8H2,1-2H3,(H,15,16). The Morgan fingerprint density at radius 3 is 3.05 bits per heavy atom. The van der Waals surface area contributed by atoms with Gasteiger partial charge < -0.3 is 14.6 Å². The van der Waals surface area contributed by atoms with Crippen LogP contribution in [0.1, 0.15) is 13.3 Å². The second-order valence-electron chi connectivity index (χ2n) is 5.70. The van der Waals surface area contributed by atoms with Crippen LogP contribution >= 0.6 is 0 Å². The van der Waals surface area contributed by atoms with Gasteiger partial charge in [-0.3, -0.25) is 10.1 Å². The van der Waals surface area contributed by atoms with Crippen molar-refractivity contribution in [3.63, 3.8) is 0 Å². The minimum atomic E-state index is -0.434. The fourth-order valence-corrected chi connectivity index (χ4v) is 2.81. The van der Waals surface area contributed by atoms with E-state index in [0.717, 1.165) is 19.5 Å². The van der Waals surface area contributed by atoms with Crippen molar-refractivity contribution in [2.45, 2.75) is 19.4 Å².